The lowest BCUT2D eigenvalue weighted by Gasteiger charge is -2.11. The molecule has 6 heteroatoms. The van der Waals surface area contributed by atoms with Gasteiger partial charge in [0, 0.05) is 9.13 Å². The molecule has 0 spiro atoms. The second kappa shape index (κ2) is 9.80. The molecule has 33 heavy (non-hydrogen) atoms. The number of benzene rings is 4. The molecule has 0 radical (unpaired) electrons. The summed E-state index contributed by atoms with van der Waals surface area (Å²) in [6.07, 6.45) is 1.86. The molecule has 4 aromatic carbocycles. The van der Waals surface area contributed by atoms with E-state index in [2.05, 4.69) is 57.2 Å². The van der Waals surface area contributed by atoms with E-state index in [9.17, 15) is 4.79 Å². The van der Waals surface area contributed by atoms with E-state index in [4.69, 9.17) is 4.74 Å². The highest BCUT2D eigenvalue weighted by atomic mass is 127. The summed E-state index contributed by atoms with van der Waals surface area (Å²) in [5, 5.41) is 5.79. The molecule has 162 valence electrons. The Balaban J connectivity index is 1.37. The summed E-state index contributed by atoms with van der Waals surface area (Å²) in [4.78, 5) is 17.7. The number of amidine groups is 1. The smallest absolute Gasteiger partial charge is 0.264 e. The van der Waals surface area contributed by atoms with Gasteiger partial charge in [0.15, 0.2) is 5.17 Å². The predicted molar refractivity (Wildman–Crippen MR) is 145 cm³/mol. The van der Waals surface area contributed by atoms with Gasteiger partial charge < -0.3 is 10.1 Å². The fourth-order valence-corrected chi connectivity index (χ4v) is 4.95. The van der Waals surface area contributed by atoms with Gasteiger partial charge in [-0.3, -0.25) is 4.79 Å². The molecule has 1 heterocycles. The Morgan fingerprint density at radius 1 is 0.939 bits per heavy atom. The molecular weight excluding hydrogens is 543 g/mol. The number of rotatable bonds is 5. The van der Waals surface area contributed by atoms with E-state index in [0.29, 0.717) is 16.7 Å². The van der Waals surface area contributed by atoms with Crippen molar-refractivity contribution in [3.63, 3.8) is 0 Å². The summed E-state index contributed by atoms with van der Waals surface area (Å²) in [6.45, 7) is 0.445. The summed E-state index contributed by atoms with van der Waals surface area (Å²) in [5.74, 6) is 0.572. The van der Waals surface area contributed by atoms with E-state index in [1.807, 2.05) is 72.8 Å². The van der Waals surface area contributed by atoms with Crippen molar-refractivity contribution >= 4 is 68.0 Å². The number of nitrogens with zero attached hydrogens (tertiary/aromatic N) is 1. The molecule has 1 N–H and O–H groups in total. The van der Waals surface area contributed by atoms with Crippen molar-refractivity contribution in [3.8, 4) is 5.75 Å². The first-order chi connectivity index (χ1) is 16.2. The first-order valence-electron chi connectivity index (χ1n) is 10.4. The zero-order chi connectivity index (χ0) is 22.6. The van der Waals surface area contributed by atoms with E-state index in [0.717, 1.165) is 26.1 Å². The van der Waals surface area contributed by atoms with Gasteiger partial charge in [0.2, 0.25) is 0 Å². The quantitative estimate of drug-likeness (QED) is 0.212. The van der Waals surface area contributed by atoms with Crippen LogP contribution in [0.4, 0.5) is 5.69 Å². The first kappa shape index (κ1) is 21.7. The third kappa shape index (κ3) is 5.12. The third-order valence-corrected chi connectivity index (χ3v) is 6.74. The SMILES string of the molecule is O=C1NC(=Nc2cccc(I)c2)S/C1=C/c1ccccc1OCc1cccc2ccccc12. The number of hydrogen-bond acceptors (Lipinski definition) is 4. The molecular formula is C27H19IN2O2S. The molecule has 4 nitrogen and oxygen atoms in total. The fraction of sp³-hybridized carbons (Fsp3) is 0.0370. The molecule has 1 fully saturated rings. The van der Waals surface area contributed by atoms with Crippen LogP contribution in [0.3, 0.4) is 0 Å². The van der Waals surface area contributed by atoms with Crippen molar-refractivity contribution in [1.29, 1.82) is 0 Å². The zero-order valence-corrected chi connectivity index (χ0v) is 20.5. The standard InChI is InChI=1S/C27H19IN2O2S/c28-21-11-6-12-22(16-21)29-27-30-26(31)25(33-27)15-19-8-2-4-14-24(19)32-17-20-10-5-9-18-7-1-3-13-23(18)20/h1-16H,17H2,(H,29,30,31)/b25-15+. The van der Waals surface area contributed by atoms with E-state index in [-0.39, 0.29) is 5.91 Å². The second-order valence-corrected chi connectivity index (χ2v) is 9.70. The number of hydrogen-bond donors (Lipinski definition) is 1. The molecule has 1 aliphatic heterocycles. The van der Waals surface area contributed by atoms with Gasteiger partial charge in [0.05, 0.1) is 10.6 Å². The van der Waals surface area contributed by atoms with Crippen molar-refractivity contribution < 1.29 is 9.53 Å². The first-order valence-corrected chi connectivity index (χ1v) is 12.3. The fourth-order valence-electron chi connectivity index (χ4n) is 3.59. The van der Waals surface area contributed by atoms with Gasteiger partial charge >= 0.3 is 0 Å². The van der Waals surface area contributed by atoms with Gasteiger partial charge in [-0.25, -0.2) is 4.99 Å². The highest BCUT2D eigenvalue weighted by Gasteiger charge is 2.24. The summed E-state index contributed by atoms with van der Waals surface area (Å²) in [6, 6.07) is 30.1. The molecule has 0 aromatic heterocycles. The van der Waals surface area contributed by atoms with E-state index < -0.39 is 0 Å². The minimum atomic E-state index is -0.159. The normalized spacial score (nSPS) is 15.8. The number of para-hydroxylation sites is 1. The van der Waals surface area contributed by atoms with Crippen LogP contribution in [0.25, 0.3) is 16.8 Å². The third-order valence-electron chi connectivity index (χ3n) is 5.16. The van der Waals surface area contributed by atoms with Crippen LogP contribution in [0.2, 0.25) is 0 Å². The molecule has 1 saturated heterocycles. The lowest BCUT2D eigenvalue weighted by atomic mass is 10.1. The average molecular weight is 562 g/mol. The molecule has 0 saturated carbocycles. The van der Waals surface area contributed by atoms with Crippen molar-refractivity contribution in [3.05, 3.63) is 111 Å². The van der Waals surface area contributed by atoms with Gasteiger partial charge in [-0.15, -0.1) is 0 Å². The maximum atomic E-state index is 12.6. The number of carbonyl (C=O) groups excluding carboxylic acids is 1. The molecule has 1 aliphatic rings. The predicted octanol–water partition coefficient (Wildman–Crippen LogP) is 6.92. The molecule has 0 aliphatic carbocycles. The number of ether oxygens (including phenoxy) is 1. The highest BCUT2D eigenvalue weighted by molar-refractivity contribution is 14.1. The number of carbonyl (C=O) groups is 1. The summed E-state index contributed by atoms with van der Waals surface area (Å²) in [5.41, 5.74) is 2.78. The minimum Gasteiger partial charge on any atom is -0.488 e. The monoisotopic (exact) mass is 562 g/mol. The van der Waals surface area contributed by atoms with Gasteiger partial charge in [-0.2, -0.15) is 0 Å². The Hall–Kier alpha value is -3.10. The molecule has 4 aromatic rings. The van der Waals surface area contributed by atoms with E-state index >= 15 is 0 Å². The Kier molecular flexibility index (Phi) is 6.46. The van der Waals surface area contributed by atoms with Crippen LogP contribution in [0, 0.1) is 3.57 Å². The van der Waals surface area contributed by atoms with Crippen molar-refractivity contribution in [2.24, 2.45) is 4.99 Å². The van der Waals surface area contributed by atoms with Crippen molar-refractivity contribution in [2.75, 3.05) is 0 Å². The molecule has 0 bridgehead atoms. The van der Waals surface area contributed by atoms with Gasteiger partial charge in [-0.05, 0) is 81.0 Å². The molecule has 0 atom stereocenters. The maximum absolute atomic E-state index is 12.6. The summed E-state index contributed by atoms with van der Waals surface area (Å²) < 4.78 is 7.29. The average Bonchev–Trinajstić information content (AvgIpc) is 3.16. The van der Waals surface area contributed by atoms with E-state index in [1.165, 1.54) is 22.5 Å². The van der Waals surface area contributed by atoms with Gasteiger partial charge in [-0.1, -0.05) is 66.7 Å². The Morgan fingerprint density at radius 2 is 1.73 bits per heavy atom. The number of fused-ring (bicyclic) bond motifs is 1. The summed E-state index contributed by atoms with van der Waals surface area (Å²) >= 11 is 3.58. The van der Waals surface area contributed by atoms with Crippen LogP contribution < -0.4 is 10.1 Å². The second-order valence-electron chi connectivity index (χ2n) is 7.43. The molecule has 5 rings (SSSR count). The zero-order valence-electron chi connectivity index (χ0n) is 17.5. The van der Waals surface area contributed by atoms with Crippen molar-refractivity contribution in [2.45, 2.75) is 6.61 Å². The van der Waals surface area contributed by atoms with Crippen LogP contribution in [0.5, 0.6) is 5.75 Å². The van der Waals surface area contributed by atoms with Gasteiger partial charge in [0.25, 0.3) is 5.91 Å². The van der Waals surface area contributed by atoms with Crippen LogP contribution in [-0.2, 0) is 11.4 Å². The Bertz CT molecular complexity index is 1410. The maximum Gasteiger partial charge on any atom is 0.264 e. The van der Waals surface area contributed by atoms with E-state index in [1.54, 1.807) is 0 Å². The number of aliphatic imine (C=N–C) groups is 1. The van der Waals surface area contributed by atoms with Crippen LogP contribution >= 0.6 is 34.4 Å². The number of amides is 1. The number of halogens is 1. The van der Waals surface area contributed by atoms with Gasteiger partial charge in [0.1, 0.15) is 12.4 Å². The Morgan fingerprint density at radius 3 is 2.64 bits per heavy atom. The van der Waals surface area contributed by atoms with Crippen LogP contribution in [0.15, 0.2) is 101 Å². The number of thioether (sulfide) groups is 1. The lowest BCUT2D eigenvalue weighted by molar-refractivity contribution is -0.115. The topological polar surface area (TPSA) is 50.7 Å². The molecule has 0 unspecified atom stereocenters. The Labute approximate surface area is 209 Å². The highest BCUT2D eigenvalue weighted by Crippen LogP contribution is 2.31. The van der Waals surface area contributed by atoms with Crippen LogP contribution in [0.1, 0.15) is 11.1 Å². The largest absolute Gasteiger partial charge is 0.488 e. The lowest BCUT2D eigenvalue weighted by Crippen LogP contribution is -2.19. The minimum absolute atomic E-state index is 0.159. The summed E-state index contributed by atoms with van der Waals surface area (Å²) in [7, 11) is 0. The van der Waals surface area contributed by atoms with Crippen molar-refractivity contribution in [1.82, 2.24) is 5.32 Å². The number of nitrogens with one attached hydrogen (secondary N) is 1. The molecule has 1 amide bonds. The van der Waals surface area contributed by atoms with Crippen LogP contribution in [-0.4, -0.2) is 11.1 Å².